The van der Waals surface area contributed by atoms with Crippen LogP contribution in [0.2, 0.25) is 0 Å². The van der Waals surface area contributed by atoms with Crippen molar-refractivity contribution < 1.29 is 14.3 Å². The molecule has 2 heterocycles. The zero-order valence-corrected chi connectivity index (χ0v) is 11.7. The van der Waals surface area contributed by atoms with E-state index in [1.54, 1.807) is 20.8 Å². The highest BCUT2D eigenvalue weighted by Crippen LogP contribution is 2.28. The summed E-state index contributed by atoms with van der Waals surface area (Å²) < 4.78 is 10.7. The highest BCUT2D eigenvalue weighted by molar-refractivity contribution is 5.69. The first-order valence-electron chi connectivity index (χ1n) is 6.58. The molecule has 0 aromatic rings. The quantitative estimate of drug-likeness (QED) is 0.738. The molecular formula is C13H21N3O3. The van der Waals surface area contributed by atoms with Gasteiger partial charge in [0.15, 0.2) is 0 Å². The van der Waals surface area contributed by atoms with Crippen LogP contribution in [0.3, 0.4) is 0 Å². The Bertz CT molecular complexity index is 385. The molecule has 2 saturated heterocycles. The standard InChI is InChI=1S/C13H21N3O3/c1-12(2,3)19-11(17)16-13(8-14)4-9-6-18-7-10(5-13)15-9/h9-10,15H,4-7H2,1-3H3,(H,16,17). The monoisotopic (exact) mass is 267 g/mol. The summed E-state index contributed by atoms with van der Waals surface area (Å²) in [6.45, 7) is 6.57. The number of piperidine rings is 1. The number of alkyl carbamates (subject to hydrolysis) is 1. The lowest BCUT2D eigenvalue weighted by Gasteiger charge is -2.44. The molecule has 2 atom stereocenters. The average molecular weight is 267 g/mol. The number of carbonyl (C=O) groups is 1. The minimum Gasteiger partial charge on any atom is -0.444 e. The predicted molar refractivity (Wildman–Crippen MR) is 68.5 cm³/mol. The van der Waals surface area contributed by atoms with Crippen molar-refractivity contribution in [3.63, 3.8) is 0 Å². The van der Waals surface area contributed by atoms with E-state index >= 15 is 0 Å². The molecule has 2 aliphatic rings. The topological polar surface area (TPSA) is 83.4 Å². The predicted octanol–water partition coefficient (Wildman–Crippen LogP) is 0.924. The summed E-state index contributed by atoms with van der Waals surface area (Å²) in [7, 11) is 0. The molecule has 6 heteroatoms. The number of morpholine rings is 1. The van der Waals surface area contributed by atoms with E-state index in [1.807, 2.05) is 0 Å². The van der Waals surface area contributed by atoms with Crippen LogP contribution in [0.5, 0.6) is 0 Å². The lowest BCUT2D eigenvalue weighted by molar-refractivity contribution is -0.000950. The zero-order valence-electron chi connectivity index (χ0n) is 11.7. The number of carbonyl (C=O) groups excluding carboxylic acids is 1. The van der Waals surface area contributed by atoms with E-state index in [2.05, 4.69) is 16.7 Å². The SMILES string of the molecule is CC(C)(C)OC(=O)NC1(C#N)CC2COCC(C1)N2. The number of hydrogen-bond donors (Lipinski definition) is 2. The van der Waals surface area contributed by atoms with Gasteiger partial charge in [-0.1, -0.05) is 0 Å². The summed E-state index contributed by atoms with van der Waals surface area (Å²) in [5, 5.41) is 15.6. The summed E-state index contributed by atoms with van der Waals surface area (Å²) in [5.41, 5.74) is -1.42. The Morgan fingerprint density at radius 2 is 2.00 bits per heavy atom. The Hall–Kier alpha value is -1.32. The van der Waals surface area contributed by atoms with Crippen LogP contribution < -0.4 is 10.6 Å². The van der Waals surface area contributed by atoms with Gasteiger partial charge < -0.3 is 20.1 Å². The fourth-order valence-electron chi connectivity index (χ4n) is 2.66. The number of amides is 1. The zero-order chi connectivity index (χ0) is 14.1. The molecule has 2 fully saturated rings. The van der Waals surface area contributed by atoms with Crippen LogP contribution in [0.4, 0.5) is 4.79 Å². The second-order valence-corrected chi connectivity index (χ2v) is 6.33. The van der Waals surface area contributed by atoms with Gasteiger partial charge in [-0.05, 0) is 20.8 Å². The number of rotatable bonds is 1. The molecule has 2 rings (SSSR count). The van der Waals surface area contributed by atoms with Gasteiger partial charge in [-0.3, -0.25) is 0 Å². The summed E-state index contributed by atoms with van der Waals surface area (Å²) in [4.78, 5) is 11.9. The van der Waals surface area contributed by atoms with Gasteiger partial charge in [-0.15, -0.1) is 0 Å². The van der Waals surface area contributed by atoms with Crippen LogP contribution in [0.15, 0.2) is 0 Å². The van der Waals surface area contributed by atoms with E-state index in [4.69, 9.17) is 9.47 Å². The maximum Gasteiger partial charge on any atom is 0.408 e. The third-order valence-electron chi connectivity index (χ3n) is 3.25. The van der Waals surface area contributed by atoms with Crippen LogP contribution in [0, 0.1) is 11.3 Å². The lowest BCUT2D eigenvalue weighted by atomic mass is 9.81. The molecule has 2 unspecified atom stereocenters. The second-order valence-electron chi connectivity index (χ2n) is 6.33. The van der Waals surface area contributed by atoms with Crippen LogP contribution >= 0.6 is 0 Å². The maximum atomic E-state index is 11.9. The van der Waals surface area contributed by atoms with E-state index < -0.39 is 17.2 Å². The van der Waals surface area contributed by atoms with Crippen LogP contribution in [-0.4, -0.2) is 42.5 Å². The molecular weight excluding hydrogens is 246 g/mol. The molecule has 0 aromatic heterocycles. The van der Waals surface area contributed by atoms with Gasteiger partial charge in [0.05, 0.1) is 19.3 Å². The van der Waals surface area contributed by atoms with E-state index in [9.17, 15) is 10.1 Å². The first-order chi connectivity index (χ1) is 8.82. The fraction of sp³-hybridized carbons (Fsp3) is 0.846. The van der Waals surface area contributed by atoms with Crippen molar-refractivity contribution >= 4 is 6.09 Å². The Balaban J connectivity index is 2.03. The second kappa shape index (κ2) is 4.99. The van der Waals surface area contributed by atoms with Crippen molar-refractivity contribution in [1.82, 2.24) is 10.6 Å². The molecule has 0 saturated carbocycles. The molecule has 6 nitrogen and oxygen atoms in total. The third-order valence-corrected chi connectivity index (χ3v) is 3.25. The number of ether oxygens (including phenoxy) is 2. The Labute approximate surface area is 113 Å². The van der Waals surface area contributed by atoms with E-state index in [1.165, 1.54) is 0 Å². The van der Waals surface area contributed by atoms with Crippen LogP contribution in [-0.2, 0) is 9.47 Å². The molecule has 19 heavy (non-hydrogen) atoms. The number of hydrogen-bond acceptors (Lipinski definition) is 5. The van der Waals surface area contributed by atoms with Gasteiger partial charge in [-0.25, -0.2) is 4.79 Å². The molecule has 0 radical (unpaired) electrons. The average Bonchev–Trinajstić information content (AvgIpc) is 2.25. The van der Waals surface area contributed by atoms with Gasteiger partial charge in [0.25, 0.3) is 0 Å². The Kier molecular flexibility index (Phi) is 3.70. The van der Waals surface area contributed by atoms with E-state index in [0.717, 1.165) is 0 Å². The summed E-state index contributed by atoms with van der Waals surface area (Å²) in [6.07, 6.45) is 0.549. The fourth-order valence-corrected chi connectivity index (χ4v) is 2.66. The van der Waals surface area contributed by atoms with Crippen molar-refractivity contribution in [2.75, 3.05) is 13.2 Å². The Morgan fingerprint density at radius 1 is 1.42 bits per heavy atom. The van der Waals surface area contributed by atoms with Crippen molar-refractivity contribution in [3.05, 3.63) is 0 Å². The minimum atomic E-state index is -0.854. The van der Waals surface area contributed by atoms with Crippen LogP contribution in [0.1, 0.15) is 33.6 Å². The highest BCUT2D eigenvalue weighted by atomic mass is 16.6. The van der Waals surface area contributed by atoms with Gasteiger partial charge >= 0.3 is 6.09 Å². The molecule has 106 valence electrons. The number of nitrogens with one attached hydrogen (secondary N) is 2. The first kappa shape index (κ1) is 14.1. The Morgan fingerprint density at radius 3 is 2.47 bits per heavy atom. The van der Waals surface area contributed by atoms with Crippen LogP contribution in [0.25, 0.3) is 0 Å². The molecule has 2 N–H and O–H groups in total. The lowest BCUT2D eigenvalue weighted by Crippen LogP contribution is -2.64. The number of nitriles is 1. The smallest absolute Gasteiger partial charge is 0.408 e. The van der Waals surface area contributed by atoms with Gasteiger partial charge in [0.2, 0.25) is 0 Å². The minimum absolute atomic E-state index is 0.113. The summed E-state index contributed by atoms with van der Waals surface area (Å²) in [5.74, 6) is 0. The molecule has 0 aromatic carbocycles. The largest absolute Gasteiger partial charge is 0.444 e. The van der Waals surface area contributed by atoms with Gasteiger partial charge in [0.1, 0.15) is 11.1 Å². The third kappa shape index (κ3) is 3.58. The first-order valence-corrected chi connectivity index (χ1v) is 6.58. The van der Waals surface area contributed by atoms with Crippen molar-refractivity contribution in [2.24, 2.45) is 0 Å². The van der Waals surface area contributed by atoms with Gasteiger partial charge in [0, 0.05) is 24.9 Å². The number of nitrogens with zero attached hydrogens (tertiary/aromatic N) is 1. The van der Waals surface area contributed by atoms with Gasteiger partial charge in [-0.2, -0.15) is 5.26 Å². The van der Waals surface area contributed by atoms with E-state index in [-0.39, 0.29) is 12.1 Å². The van der Waals surface area contributed by atoms with Crippen molar-refractivity contribution in [1.29, 1.82) is 5.26 Å². The summed E-state index contributed by atoms with van der Waals surface area (Å²) >= 11 is 0. The molecule has 2 bridgehead atoms. The number of fused-ring (bicyclic) bond motifs is 2. The van der Waals surface area contributed by atoms with Crippen molar-refractivity contribution in [3.8, 4) is 6.07 Å². The maximum absolute atomic E-state index is 11.9. The molecule has 0 spiro atoms. The molecule has 2 aliphatic heterocycles. The van der Waals surface area contributed by atoms with E-state index in [0.29, 0.717) is 26.1 Å². The normalized spacial score (nSPS) is 34.2. The molecule has 0 aliphatic carbocycles. The molecule has 1 amide bonds. The summed E-state index contributed by atoms with van der Waals surface area (Å²) in [6, 6.07) is 2.48. The highest BCUT2D eigenvalue weighted by Gasteiger charge is 2.44. The van der Waals surface area contributed by atoms with Crippen molar-refractivity contribution in [2.45, 2.75) is 56.8 Å².